The highest BCUT2D eigenvalue weighted by Gasteiger charge is 2.86. The predicted octanol–water partition coefficient (Wildman–Crippen LogP) is 11.7. The van der Waals surface area contributed by atoms with Crippen molar-refractivity contribution in [1.82, 2.24) is 0 Å². The third-order valence-corrected chi connectivity index (χ3v) is 16.1. The normalized spacial score (nSPS) is 32.4. The van der Waals surface area contributed by atoms with Gasteiger partial charge in [-0.15, -0.1) is 0 Å². The minimum absolute atomic E-state index is 0.0973. The first-order valence-corrected chi connectivity index (χ1v) is 22.6. The lowest BCUT2D eigenvalue weighted by molar-refractivity contribution is -0.279. The molecule has 0 saturated heterocycles. The lowest BCUT2D eigenvalue weighted by Gasteiger charge is -2.69. The van der Waals surface area contributed by atoms with Gasteiger partial charge in [0.1, 0.15) is 45.7 Å². The van der Waals surface area contributed by atoms with Crippen molar-refractivity contribution in [3.8, 4) is 40.2 Å². The van der Waals surface area contributed by atoms with E-state index < -0.39 is 0 Å². The van der Waals surface area contributed by atoms with E-state index in [0.29, 0.717) is 51.7 Å². The molecular formula is C53H49O9+. The minimum atomic E-state index is -0.287. The SMILES string of the molecule is CC1CC2CC3(OC(=O)COc4ccc(Oc5ccc6c(c5)c5cc(Oc7ccc(OCC(=O)OC89CC%10CC%11CC%11(C8)C%109)cc7)ccc5[o+]6-c5ccccc5)cc4)CC(C1)C23. The van der Waals surface area contributed by atoms with Gasteiger partial charge < -0.3 is 32.5 Å². The van der Waals surface area contributed by atoms with Crippen molar-refractivity contribution >= 4 is 33.9 Å². The molecular weight excluding hydrogens is 781 g/mol. The molecule has 1 aromatic heterocycles. The Labute approximate surface area is 359 Å². The zero-order chi connectivity index (χ0) is 41.4. The average Bonchev–Trinajstić information content (AvgIpc) is 3.81. The molecule has 7 fully saturated rings. The van der Waals surface area contributed by atoms with Crippen LogP contribution in [0.25, 0.3) is 27.7 Å². The number of rotatable bonds is 13. The number of hydrogen-bond acceptors (Lipinski definition) is 8. The van der Waals surface area contributed by atoms with Crippen LogP contribution in [0.3, 0.4) is 0 Å². The Balaban J connectivity index is 0.674. The number of benzene rings is 5. The quantitative estimate of drug-likeness (QED) is 0.0839. The van der Waals surface area contributed by atoms with Gasteiger partial charge in [-0.1, -0.05) is 25.1 Å². The minimum Gasteiger partial charge on any atom is -0.498 e. The zero-order valence-electron chi connectivity index (χ0n) is 34.8. The maximum absolute atomic E-state index is 12.8. The Bertz CT molecular complexity index is 2760. The third kappa shape index (κ3) is 5.65. The molecule has 1 spiro atoms. The van der Waals surface area contributed by atoms with Crippen LogP contribution in [0.15, 0.2) is 119 Å². The summed E-state index contributed by atoms with van der Waals surface area (Å²) in [4.78, 5) is 25.6. The molecule has 13 rings (SSSR count). The van der Waals surface area contributed by atoms with Crippen molar-refractivity contribution in [1.29, 1.82) is 0 Å². The van der Waals surface area contributed by atoms with Crippen LogP contribution in [0.5, 0.6) is 34.5 Å². The molecule has 6 aromatic rings. The second-order valence-corrected chi connectivity index (χ2v) is 19.8. The van der Waals surface area contributed by atoms with Crippen molar-refractivity contribution in [3.05, 3.63) is 115 Å². The Morgan fingerprint density at radius 3 is 1.66 bits per heavy atom. The molecule has 314 valence electrons. The van der Waals surface area contributed by atoms with Gasteiger partial charge >= 0.3 is 11.9 Å². The topological polar surface area (TPSA) is 92.2 Å². The van der Waals surface area contributed by atoms with Gasteiger partial charge in [0.2, 0.25) is 0 Å². The van der Waals surface area contributed by atoms with Crippen molar-refractivity contribution in [3.63, 3.8) is 0 Å². The van der Waals surface area contributed by atoms with E-state index in [1.807, 2.05) is 103 Å². The molecule has 1 heterocycles. The number of furan rings is 1. The lowest BCUT2D eigenvalue weighted by Crippen LogP contribution is -2.70. The Morgan fingerprint density at radius 2 is 1.10 bits per heavy atom. The highest BCUT2D eigenvalue weighted by atomic mass is 16.6. The number of hydrogen-bond donors (Lipinski definition) is 0. The smallest absolute Gasteiger partial charge is 0.344 e. The maximum Gasteiger partial charge on any atom is 0.344 e. The van der Waals surface area contributed by atoms with E-state index in [2.05, 4.69) is 23.1 Å². The molecule has 9 heteroatoms. The fraction of sp³-hybridized carbons (Fsp3) is 0.396. The van der Waals surface area contributed by atoms with Gasteiger partial charge in [-0.25, -0.2) is 9.59 Å². The van der Waals surface area contributed by atoms with Crippen molar-refractivity contribution in [2.45, 2.75) is 69.5 Å². The summed E-state index contributed by atoms with van der Waals surface area (Å²) < 4.78 is 39.8. The summed E-state index contributed by atoms with van der Waals surface area (Å²) in [6.07, 6.45) is 9.33. The van der Waals surface area contributed by atoms with Crippen molar-refractivity contribution in [2.24, 2.45) is 46.8 Å². The second-order valence-electron chi connectivity index (χ2n) is 19.8. The molecule has 7 aliphatic carbocycles. The average molecular weight is 830 g/mol. The summed E-state index contributed by atoms with van der Waals surface area (Å²) in [5, 5.41) is 1.95. The standard InChI is InChI=1S/C53H49O9/c1-31-19-32-24-52(25-33(20-31)49(32)52)60-47(54)28-56-36-7-11-38(12-8-36)58-40-15-17-45-43(22-40)44-23-41(16-18-46(44)62(45)42-5-3-2-4-6-42)59-39-13-9-37(10-14-39)57-29-48(55)61-53-26-34-21-35-27-51(35,30-53)50(34)53/h2-18,22-23,31-35,49-50H,19-21,24-30H2,1H3/q+1. The Kier molecular flexibility index (Phi) is 7.85. The fourth-order valence-corrected chi connectivity index (χ4v) is 14.0. The number of fused-ring (bicyclic) bond motifs is 3. The van der Waals surface area contributed by atoms with Crippen LogP contribution >= 0.6 is 0 Å². The largest absolute Gasteiger partial charge is 0.498 e. The van der Waals surface area contributed by atoms with E-state index in [0.717, 1.165) is 83.0 Å². The maximum atomic E-state index is 12.8. The fourth-order valence-electron chi connectivity index (χ4n) is 14.0. The number of carbonyl (C=O) groups is 2. The van der Waals surface area contributed by atoms with E-state index in [1.54, 1.807) is 0 Å². The van der Waals surface area contributed by atoms with E-state index in [-0.39, 0.29) is 36.4 Å². The van der Waals surface area contributed by atoms with Crippen LogP contribution in [-0.2, 0) is 19.1 Å². The first kappa shape index (κ1) is 36.7. The van der Waals surface area contributed by atoms with E-state index >= 15 is 0 Å². The van der Waals surface area contributed by atoms with Gasteiger partial charge in [0.05, 0.1) is 10.8 Å². The summed E-state index contributed by atoms with van der Waals surface area (Å²) in [5.74, 6) is 9.28. The molecule has 0 amide bonds. The highest BCUT2D eigenvalue weighted by Crippen LogP contribution is 2.87. The molecule has 0 aliphatic heterocycles. The van der Waals surface area contributed by atoms with E-state index in [4.69, 9.17) is 28.4 Å². The number of para-hydroxylation sites is 1. The summed E-state index contributed by atoms with van der Waals surface area (Å²) in [7, 11) is 0. The molecule has 7 saturated carbocycles. The van der Waals surface area contributed by atoms with Gasteiger partial charge in [-0.05, 0) is 159 Å². The first-order chi connectivity index (χ1) is 30.2. The monoisotopic (exact) mass is 829 g/mol. The molecule has 0 N–H and O–H groups in total. The van der Waals surface area contributed by atoms with E-state index in [9.17, 15) is 9.59 Å². The van der Waals surface area contributed by atoms with Crippen LogP contribution in [0.4, 0.5) is 0 Å². The van der Waals surface area contributed by atoms with Crippen LogP contribution in [0.1, 0.15) is 58.3 Å². The van der Waals surface area contributed by atoms with Crippen LogP contribution in [0.2, 0.25) is 0 Å². The number of ether oxygens (including phenoxy) is 6. The Morgan fingerprint density at radius 1 is 0.581 bits per heavy atom. The van der Waals surface area contributed by atoms with Gasteiger partial charge in [0, 0.05) is 36.1 Å². The van der Waals surface area contributed by atoms with E-state index in [1.165, 1.54) is 25.7 Å². The molecule has 7 unspecified atom stereocenters. The van der Waals surface area contributed by atoms with Crippen molar-refractivity contribution in [2.75, 3.05) is 13.2 Å². The molecule has 9 nitrogen and oxygen atoms in total. The first-order valence-electron chi connectivity index (χ1n) is 22.6. The number of carbonyl (C=O) groups excluding carboxylic acids is 2. The molecule has 62 heavy (non-hydrogen) atoms. The predicted molar refractivity (Wildman–Crippen MR) is 231 cm³/mol. The molecule has 7 atom stereocenters. The van der Waals surface area contributed by atoms with Crippen molar-refractivity contribution < 1.29 is 42.1 Å². The molecule has 0 radical (unpaired) electrons. The van der Waals surface area contributed by atoms with Gasteiger partial charge in [0.25, 0.3) is 16.9 Å². The van der Waals surface area contributed by atoms with Gasteiger partial charge in [0.15, 0.2) is 13.2 Å². The summed E-state index contributed by atoms with van der Waals surface area (Å²) >= 11 is 0. The summed E-state index contributed by atoms with van der Waals surface area (Å²) in [6, 6.07) is 36.9. The molecule has 7 aliphatic rings. The van der Waals surface area contributed by atoms with Gasteiger partial charge in [-0.3, -0.25) is 0 Å². The van der Waals surface area contributed by atoms with Crippen LogP contribution in [-0.4, -0.2) is 36.4 Å². The highest BCUT2D eigenvalue weighted by molar-refractivity contribution is 6.07. The van der Waals surface area contributed by atoms with Gasteiger partial charge in [-0.2, -0.15) is 0 Å². The van der Waals surface area contributed by atoms with Crippen LogP contribution in [0, 0.1) is 46.8 Å². The Hall–Kier alpha value is -5.96. The summed E-state index contributed by atoms with van der Waals surface area (Å²) in [5.41, 5.74) is 1.99. The number of esters is 2. The second kappa shape index (κ2) is 13.3. The molecule has 5 aromatic carbocycles. The lowest BCUT2D eigenvalue weighted by atomic mass is 9.39. The third-order valence-electron chi connectivity index (χ3n) is 16.1. The van der Waals surface area contributed by atoms with Crippen LogP contribution < -0.4 is 18.9 Å². The zero-order valence-corrected chi connectivity index (χ0v) is 34.8. The molecule has 0 bridgehead atoms. The summed E-state index contributed by atoms with van der Waals surface area (Å²) in [6.45, 7) is 2.15.